The van der Waals surface area contributed by atoms with Crippen molar-refractivity contribution in [3.63, 3.8) is 0 Å². The lowest BCUT2D eigenvalue weighted by Gasteiger charge is -1.93. The van der Waals surface area contributed by atoms with Gasteiger partial charge in [0.15, 0.2) is 0 Å². The van der Waals surface area contributed by atoms with E-state index in [1.165, 1.54) is 13.2 Å². The minimum Gasteiger partial charge on any atom is -0.465 e. The van der Waals surface area contributed by atoms with E-state index in [0.717, 1.165) is 0 Å². The van der Waals surface area contributed by atoms with Crippen LogP contribution in [0.25, 0.3) is 0 Å². The van der Waals surface area contributed by atoms with Gasteiger partial charge in [-0.3, -0.25) is 0 Å². The van der Waals surface area contributed by atoms with Crippen LogP contribution in [0.3, 0.4) is 0 Å². The summed E-state index contributed by atoms with van der Waals surface area (Å²) in [6.45, 7) is 0.244. The van der Waals surface area contributed by atoms with Crippen molar-refractivity contribution in [3.8, 4) is 0 Å². The number of ether oxygens (including phenoxy) is 1. The lowest BCUT2D eigenvalue weighted by molar-refractivity contribution is -0.135. The van der Waals surface area contributed by atoms with Gasteiger partial charge in [-0.1, -0.05) is 11.6 Å². The van der Waals surface area contributed by atoms with Gasteiger partial charge in [-0.2, -0.15) is 0 Å². The first kappa shape index (κ1) is 8.46. The number of esters is 1. The van der Waals surface area contributed by atoms with Gasteiger partial charge in [0, 0.05) is 6.54 Å². The molecule has 0 atom stereocenters. The predicted molar refractivity (Wildman–Crippen MR) is 35.0 cm³/mol. The quantitative estimate of drug-likeness (QED) is 0.452. The summed E-state index contributed by atoms with van der Waals surface area (Å²) in [5.74, 6) is -0.554. The van der Waals surface area contributed by atoms with Crippen LogP contribution in [0.1, 0.15) is 0 Å². The highest BCUT2D eigenvalue weighted by atomic mass is 35.5. The zero-order chi connectivity index (χ0) is 7.28. The molecule has 4 heteroatoms. The second-order valence-corrected chi connectivity index (χ2v) is 1.69. The molecule has 0 rings (SSSR count). The molecule has 0 fully saturated rings. The number of carbonyl (C=O) groups is 1. The second-order valence-electron chi connectivity index (χ2n) is 1.28. The Bertz CT molecular complexity index is 133. The van der Waals surface area contributed by atoms with Crippen LogP contribution in [0.5, 0.6) is 0 Å². The van der Waals surface area contributed by atoms with Gasteiger partial charge in [-0.05, 0) is 6.08 Å². The minimum atomic E-state index is -0.554. The Hall–Kier alpha value is -0.540. The second kappa shape index (κ2) is 4.35. The molecule has 0 saturated carbocycles. The third-order valence-corrected chi connectivity index (χ3v) is 0.986. The Morgan fingerprint density at radius 2 is 2.44 bits per heavy atom. The highest BCUT2D eigenvalue weighted by Gasteiger charge is 2.02. The number of carbonyl (C=O) groups excluding carboxylic acids is 1. The molecule has 3 nitrogen and oxygen atoms in total. The molecule has 0 amide bonds. The van der Waals surface area contributed by atoms with Gasteiger partial charge < -0.3 is 10.5 Å². The van der Waals surface area contributed by atoms with E-state index in [2.05, 4.69) is 4.74 Å². The molecule has 9 heavy (non-hydrogen) atoms. The molecule has 0 bridgehead atoms. The van der Waals surface area contributed by atoms with E-state index in [1.54, 1.807) is 0 Å². The number of hydrogen-bond donors (Lipinski definition) is 1. The van der Waals surface area contributed by atoms with E-state index in [-0.39, 0.29) is 11.6 Å². The highest BCUT2D eigenvalue weighted by molar-refractivity contribution is 6.41. The van der Waals surface area contributed by atoms with Crippen LogP contribution in [-0.2, 0) is 9.53 Å². The molecule has 0 aliphatic heterocycles. The van der Waals surface area contributed by atoms with Crippen molar-refractivity contribution in [1.29, 1.82) is 0 Å². The van der Waals surface area contributed by atoms with Crippen LogP contribution in [0, 0.1) is 0 Å². The monoisotopic (exact) mass is 149 g/mol. The average Bonchev–Trinajstić information content (AvgIpc) is 1.87. The van der Waals surface area contributed by atoms with Crippen LogP contribution in [0.2, 0.25) is 0 Å². The zero-order valence-corrected chi connectivity index (χ0v) is 5.81. The van der Waals surface area contributed by atoms with Crippen molar-refractivity contribution in [2.45, 2.75) is 0 Å². The maximum absolute atomic E-state index is 10.4. The first-order chi connectivity index (χ1) is 4.22. The van der Waals surface area contributed by atoms with Gasteiger partial charge in [-0.15, -0.1) is 0 Å². The Kier molecular flexibility index (Phi) is 4.09. The summed E-state index contributed by atoms with van der Waals surface area (Å²) in [5, 5.41) is 0.0278. The van der Waals surface area contributed by atoms with E-state index in [4.69, 9.17) is 17.3 Å². The lowest BCUT2D eigenvalue weighted by atomic mass is 10.5. The Labute approximate surface area is 58.4 Å². The summed E-state index contributed by atoms with van der Waals surface area (Å²) in [6, 6.07) is 0. The highest BCUT2D eigenvalue weighted by Crippen LogP contribution is 2.00. The summed E-state index contributed by atoms with van der Waals surface area (Å²) < 4.78 is 4.27. The van der Waals surface area contributed by atoms with Gasteiger partial charge in [0.2, 0.25) is 0 Å². The SMILES string of the molecule is COC(=O)/C(Cl)=C\CN. The Balaban J connectivity index is 3.86. The first-order valence-corrected chi connectivity index (χ1v) is 2.74. The molecule has 0 aromatic heterocycles. The number of nitrogens with two attached hydrogens (primary N) is 1. The fourth-order valence-electron chi connectivity index (χ4n) is 0.284. The number of halogens is 1. The Morgan fingerprint density at radius 3 is 2.78 bits per heavy atom. The van der Waals surface area contributed by atoms with Crippen molar-refractivity contribution >= 4 is 17.6 Å². The van der Waals surface area contributed by atoms with E-state index in [9.17, 15) is 4.79 Å². The summed E-state index contributed by atoms with van der Waals surface area (Å²) in [7, 11) is 1.26. The fourth-order valence-corrected chi connectivity index (χ4v) is 0.451. The molecule has 0 saturated heterocycles. The van der Waals surface area contributed by atoms with Crippen LogP contribution in [0.15, 0.2) is 11.1 Å². The molecule has 0 spiro atoms. The summed E-state index contributed by atoms with van der Waals surface area (Å²) >= 11 is 5.34. The molecule has 0 aliphatic rings. The van der Waals surface area contributed by atoms with Crippen molar-refractivity contribution < 1.29 is 9.53 Å². The molecule has 0 aromatic carbocycles. The summed E-state index contributed by atoms with van der Waals surface area (Å²) in [6.07, 6.45) is 1.38. The largest absolute Gasteiger partial charge is 0.465 e. The maximum Gasteiger partial charge on any atom is 0.349 e. The number of hydrogen-bond acceptors (Lipinski definition) is 3. The van der Waals surface area contributed by atoms with Crippen LogP contribution < -0.4 is 5.73 Å². The van der Waals surface area contributed by atoms with Gasteiger partial charge >= 0.3 is 5.97 Å². The first-order valence-electron chi connectivity index (χ1n) is 2.36. The van der Waals surface area contributed by atoms with E-state index < -0.39 is 5.97 Å². The number of rotatable bonds is 2. The van der Waals surface area contributed by atoms with Crippen LogP contribution >= 0.6 is 11.6 Å². The maximum atomic E-state index is 10.4. The molecule has 0 radical (unpaired) electrons. The Morgan fingerprint density at radius 1 is 1.89 bits per heavy atom. The normalized spacial score (nSPS) is 11.2. The molecular formula is C5H8ClNO2. The third kappa shape index (κ3) is 3.11. The smallest absolute Gasteiger partial charge is 0.349 e. The average molecular weight is 150 g/mol. The van der Waals surface area contributed by atoms with E-state index in [0.29, 0.717) is 0 Å². The summed E-state index contributed by atoms with van der Waals surface area (Å²) in [4.78, 5) is 10.4. The standard InChI is InChI=1S/C5H8ClNO2/c1-9-5(8)4(6)2-3-7/h2H,3,7H2,1H3/b4-2+. The van der Waals surface area contributed by atoms with E-state index >= 15 is 0 Å². The number of methoxy groups -OCH3 is 1. The molecule has 52 valence electrons. The van der Waals surface area contributed by atoms with E-state index in [1.807, 2.05) is 0 Å². The molecule has 0 aromatic rings. The molecule has 0 unspecified atom stereocenters. The zero-order valence-electron chi connectivity index (χ0n) is 5.06. The van der Waals surface area contributed by atoms with Crippen LogP contribution in [0.4, 0.5) is 0 Å². The third-order valence-electron chi connectivity index (χ3n) is 0.677. The molecule has 0 heterocycles. The van der Waals surface area contributed by atoms with Gasteiger partial charge in [-0.25, -0.2) is 4.79 Å². The molecule has 2 N–H and O–H groups in total. The molecular weight excluding hydrogens is 142 g/mol. The summed E-state index contributed by atoms with van der Waals surface area (Å²) in [5.41, 5.74) is 5.05. The van der Waals surface area contributed by atoms with Crippen LogP contribution in [-0.4, -0.2) is 19.6 Å². The predicted octanol–water partition coefficient (Wildman–Crippen LogP) is 0.241. The van der Waals surface area contributed by atoms with Gasteiger partial charge in [0.1, 0.15) is 5.03 Å². The fraction of sp³-hybridized carbons (Fsp3) is 0.400. The van der Waals surface area contributed by atoms with Crippen molar-refractivity contribution in [2.75, 3.05) is 13.7 Å². The molecule has 0 aliphatic carbocycles. The minimum absolute atomic E-state index is 0.0278. The topological polar surface area (TPSA) is 52.3 Å². The van der Waals surface area contributed by atoms with Gasteiger partial charge in [0.05, 0.1) is 7.11 Å². The van der Waals surface area contributed by atoms with Crippen molar-refractivity contribution in [3.05, 3.63) is 11.1 Å². The lowest BCUT2D eigenvalue weighted by Crippen LogP contribution is -2.02. The van der Waals surface area contributed by atoms with Crippen molar-refractivity contribution in [2.24, 2.45) is 5.73 Å². The van der Waals surface area contributed by atoms with Crippen molar-refractivity contribution in [1.82, 2.24) is 0 Å². The van der Waals surface area contributed by atoms with Gasteiger partial charge in [0.25, 0.3) is 0 Å².